The number of halogens is 1. The van der Waals surface area contributed by atoms with E-state index in [9.17, 15) is 19.5 Å². The van der Waals surface area contributed by atoms with Crippen LogP contribution in [0.2, 0.25) is 0 Å². The first-order valence-corrected chi connectivity index (χ1v) is 12.4. The molecule has 0 heterocycles. The third-order valence-corrected chi connectivity index (χ3v) is 6.07. The van der Waals surface area contributed by atoms with Crippen LogP contribution in [0.25, 0.3) is 0 Å². The molecule has 0 saturated carbocycles. The molecular formula is C28H28BrN3O5. The maximum atomic E-state index is 12.6. The number of nitrogens with one attached hydrogen (secondary N) is 2. The fourth-order valence-corrected chi connectivity index (χ4v) is 4.00. The molecule has 3 aromatic rings. The van der Waals surface area contributed by atoms with Crippen molar-refractivity contribution in [1.82, 2.24) is 5.32 Å². The fraction of sp³-hybridized carbons (Fsp3) is 0.179. The van der Waals surface area contributed by atoms with Crippen LogP contribution in [0.1, 0.15) is 41.8 Å². The van der Waals surface area contributed by atoms with Crippen LogP contribution in [0.15, 0.2) is 89.4 Å². The van der Waals surface area contributed by atoms with Crippen molar-refractivity contribution in [2.45, 2.75) is 25.9 Å². The van der Waals surface area contributed by atoms with Crippen LogP contribution in [0, 0.1) is 5.92 Å². The summed E-state index contributed by atoms with van der Waals surface area (Å²) in [6.45, 7) is 1.86. The number of benzene rings is 3. The number of carbonyl (C=O) groups is 3. The molecule has 0 spiro atoms. The first-order chi connectivity index (χ1) is 17.7. The molecule has 3 aromatic carbocycles. The zero-order valence-electron chi connectivity index (χ0n) is 20.2. The Bertz CT molecular complexity index is 1280. The second kappa shape index (κ2) is 13.3. The van der Waals surface area contributed by atoms with Gasteiger partial charge >= 0.3 is 6.09 Å². The Balaban J connectivity index is 1.65. The van der Waals surface area contributed by atoms with E-state index in [4.69, 9.17) is 10.5 Å². The molecule has 0 aliphatic rings. The second-order valence-corrected chi connectivity index (χ2v) is 9.30. The van der Waals surface area contributed by atoms with Gasteiger partial charge in [-0.15, -0.1) is 0 Å². The maximum Gasteiger partial charge on any atom is 0.414 e. The molecule has 0 radical (unpaired) electrons. The molecule has 0 saturated heterocycles. The fourth-order valence-electron chi connectivity index (χ4n) is 3.62. The van der Waals surface area contributed by atoms with Crippen molar-refractivity contribution in [2.75, 3.05) is 11.1 Å². The summed E-state index contributed by atoms with van der Waals surface area (Å²) in [5, 5.41) is 15.4. The van der Waals surface area contributed by atoms with E-state index in [2.05, 4.69) is 26.6 Å². The van der Waals surface area contributed by atoms with E-state index >= 15 is 0 Å². The number of para-hydroxylation sites is 2. The molecule has 5 N–H and O–H groups in total. The molecule has 0 aromatic heterocycles. The Morgan fingerprint density at radius 2 is 1.76 bits per heavy atom. The Kier molecular flexibility index (Phi) is 9.85. The van der Waals surface area contributed by atoms with Gasteiger partial charge in [0, 0.05) is 15.6 Å². The summed E-state index contributed by atoms with van der Waals surface area (Å²) in [5.41, 5.74) is 7.55. The smallest absolute Gasteiger partial charge is 0.414 e. The summed E-state index contributed by atoms with van der Waals surface area (Å²) < 4.78 is 6.32. The standard InChI is InChI=1S/C28H28BrN3O5/c1-18(9-5-8-14-25(34)31-23-13-7-6-12-22(23)30)26(21-17-20(29)15-16-24(21)33)37-28(36)32-27(35)19-10-3-2-4-11-19/h2-4,6-8,10-18,26,33H,5,9,30H2,1H3,(H,31,34)(H,32,35,36)/b14-8+/t18-,26-/m1/s1. The lowest BCUT2D eigenvalue weighted by atomic mass is 9.92. The van der Waals surface area contributed by atoms with Crippen molar-refractivity contribution in [3.05, 3.63) is 101 Å². The van der Waals surface area contributed by atoms with E-state index in [1.165, 1.54) is 12.1 Å². The van der Waals surface area contributed by atoms with Crippen molar-refractivity contribution in [1.29, 1.82) is 0 Å². The van der Waals surface area contributed by atoms with Gasteiger partial charge in [0.1, 0.15) is 11.9 Å². The van der Waals surface area contributed by atoms with Gasteiger partial charge in [-0.2, -0.15) is 0 Å². The molecule has 0 unspecified atom stereocenters. The SMILES string of the molecule is C[C@H](CC/C=C/C(=O)Nc1ccccc1N)[C@@H](OC(=O)NC(=O)c1ccccc1)c1cc(Br)ccc1O. The van der Waals surface area contributed by atoms with Crippen LogP contribution >= 0.6 is 15.9 Å². The molecule has 3 rings (SSSR count). The monoisotopic (exact) mass is 565 g/mol. The highest BCUT2D eigenvalue weighted by Crippen LogP contribution is 2.36. The minimum Gasteiger partial charge on any atom is -0.508 e. The Hall–Kier alpha value is -4.11. The van der Waals surface area contributed by atoms with Crippen LogP contribution in [-0.2, 0) is 9.53 Å². The van der Waals surface area contributed by atoms with Gasteiger partial charge < -0.3 is 20.9 Å². The summed E-state index contributed by atoms with van der Waals surface area (Å²) in [4.78, 5) is 37.2. The Labute approximate surface area is 223 Å². The number of imide groups is 1. The lowest BCUT2D eigenvalue weighted by Crippen LogP contribution is -2.33. The number of aromatic hydroxyl groups is 1. The van der Waals surface area contributed by atoms with Gasteiger partial charge in [0.05, 0.1) is 11.4 Å². The van der Waals surface area contributed by atoms with Crippen LogP contribution < -0.4 is 16.4 Å². The van der Waals surface area contributed by atoms with Gasteiger partial charge in [-0.05, 0) is 67.3 Å². The molecular weight excluding hydrogens is 538 g/mol. The highest BCUT2D eigenvalue weighted by Gasteiger charge is 2.27. The van der Waals surface area contributed by atoms with Gasteiger partial charge in [-0.1, -0.05) is 59.3 Å². The van der Waals surface area contributed by atoms with E-state index < -0.39 is 18.1 Å². The topological polar surface area (TPSA) is 131 Å². The molecule has 192 valence electrons. The molecule has 9 heteroatoms. The number of phenols is 1. The average Bonchev–Trinajstić information content (AvgIpc) is 2.88. The molecule has 0 bridgehead atoms. The van der Waals surface area contributed by atoms with Gasteiger partial charge in [0.25, 0.3) is 5.91 Å². The van der Waals surface area contributed by atoms with Crippen molar-refractivity contribution >= 4 is 45.2 Å². The summed E-state index contributed by atoms with van der Waals surface area (Å²) in [6, 6.07) is 20.1. The van der Waals surface area contributed by atoms with Gasteiger partial charge in [0.2, 0.25) is 5.91 Å². The predicted molar refractivity (Wildman–Crippen MR) is 146 cm³/mol. The number of nitrogens with two attached hydrogens (primary N) is 1. The van der Waals surface area contributed by atoms with E-state index in [1.54, 1.807) is 72.8 Å². The summed E-state index contributed by atoms with van der Waals surface area (Å²) in [5.74, 6) is -1.22. The average molecular weight is 566 g/mol. The number of carbonyl (C=O) groups excluding carboxylic acids is 3. The van der Waals surface area contributed by atoms with Crippen molar-refractivity contribution in [2.24, 2.45) is 5.92 Å². The van der Waals surface area contributed by atoms with Crippen LogP contribution in [0.5, 0.6) is 5.75 Å². The highest BCUT2D eigenvalue weighted by molar-refractivity contribution is 9.10. The normalized spacial score (nSPS) is 12.5. The number of nitrogen functional groups attached to an aromatic ring is 1. The molecule has 37 heavy (non-hydrogen) atoms. The number of phenolic OH excluding ortho intramolecular Hbond substituents is 1. The summed E-state index contributed by atoms with van der Waals surface area (Å²) in [6.07, 6.45) is 2.36. The number of hydrogen-bond acceptors (Lipinski definition) is 6. The minimum atomic E-state index is -0.930. The van der Waals surface area contributed by atoms with E-state index in [0.29, 0.717) is 39.8 Å². The van der Waals surface area contributed by atoms with Crippen LogP contribution in [0.4, 0.5) is 16.2 Å². The zero-order chi connectivity index (χ0) is 26.8. The molecule has 0 aliphatic carbocycles. The first-order valence-electron chi connectivity index (χ1n) is 11.6. The third-order valence-electron chi connectivity index (χ3n) is 5.58. The summed E-state index contributed by atoms with van der Waals surface area (Å²) in [7, 11) is 0. The van der Waals surface area contributed by atoms with Gasteiger partial charge in [-0.3, -0.25) is 14.9 Å². The van der Waals surface area contributed by atoms with Crippen molar-refractivity contribution < 1.29 is 24.2 Å². The lowest BCUT2D eigenvalue weighted by Gasteiger charge is -2.25. The van der Waals surface area contributed by atoms with Gasteiger partial charge in [0.15, 0.2) is 0 Å². The number of alkyl carbamates (subject to hydrolysis) is 1. The number of allylic oxidation sites excluding steroid dienone is 1. The number of hydrogen-bond donors (Lipinski definition) is 4. The van der Waals surface area contributed by atoms with Crippen LogP contribution in [0.3, 0.4) is 0 Å². The molecule has 3 amide bonds. The molecule has 8 nitrogen and oxygen atoms in total. The third kappa shape index (κ3) is 8.22. The first kappa shape index (κ1) is 27.5. The molecule has 2 atom stereocenters. The van der Waals surface area contributed by atoms with Crippen molar-refractivity contribution in [3.8, 4) is 5.75 Å². The number of anilines is 2. The maximum absolute atomic E-state index is 12.6. The number of amides is 3. The Morgan fingerprint density at radius 1 is 1.05 bits per heavy atom. The van der Waals surface area contributed by atoms with Crippen molar-refractivity contribution in [3.63, 3.8) is 0 Å². The predicted octanol–water partition coefficient (Wildman–Crippen LogP) is 5.96. The second-order valence-electron chi connectivity index (χ2n) is 8.38. The zero-order valence-corrected chi connectivity index (χ0v) is 21.8. The van der Waals surface area contributed by atoms with E-state index in [-0.39, 0.29) is 17.6 Å². The lowest BCUT2D eigenvalue weighted by molar-refractivity contribution is -0.111. The number of rotatable bonds is 9. The van der Waals surface area contributed by atoms with Crippen LogP contribution in [-0.4, -0.2) is 23.0 Å². The largest absolute Gasteiger partial charge is 0.508 e. The molecule has 0 aliphatic heterocycles. The summed E-state index contributed by atoms with van der Waals surface area (Å²) >= 11 is 3.38. The van der Waals surface area contributed by atoms with E-state index in [1.807, 2.05) is 6.92 Å². The molecule has 0 fully saturated rings. The minimum absolute atomic E-state index is 0.0439. The van der Waals surface area contributed by atoms with E-state index in [0.717, 1.165) is 0 Å². The highest BCUT2D eigenvalue weighted by atomic mass is 79.9. The number of ether oxygens (including phenoxy) is 1. The quantitative estimate of drug-likeness (QED) is 0.187. The Morgan fingerprint density at radius 3 is 2.49 bits per heavy atom. The van der Waals surface area contributed by atoms with Gasteiger partial charge in [-0.25, -0.2) is 4.79 Å².